The molecule has 0 fully saturated rings. The summed E-state index contributed by atoms with van der Waals surface area (Å²) in [7, 11) is 4.09. The molecule has 0 radical (unpaired) electrons. The molecule has 1 aliphatic rings. The highest BCUT2D eigenvalue weighted by Gasteiger charge is 2.14. The van der Waals surface area contributed by atoms with E-state index >= 15 is 0 Å². The average Bonchev–Trinajstić information content (AvgIpc) is 2.65. The maximum atomic E-state index is 6.53. The standard InChI is InChI=1S/C23H23ClN2/c1-4-25-19-13-9-17(10-14-19)23(21-7-5-6-8-22(21)24)18-11-15-20(16-12-18)26(2)3/h5-16H,4H2,1-3H3. The third-order valence-electron chi connectivity index (χ3n) is 4.31. The van der Waals surface area contributed by atoms with Crippen molar-refractivity contribution in [3.8, 4) is 0 Å². The van der Waals surface area contributed by atoms with Gasteiger partial charge in [0.15, 0.2) is 0 Å². The Morgan fingerprint density at radius 2 is 1.58 bits per heavy atom. The molecule has 2 aromatic rings. The first-order chi connectivity index (χ1) is 12.6. The van der Waals surface area contributed by atoms with Crippen LogP contribution in [0.25, 0.3) is 5.57 Å². The number of allylic oxidation sites excluding steroid dienone is 5. The zero-order valence-electron chi connectivity index (χ0n) is 15.4. The number of anilines is 1. The summed E-state index contributed by atoms with van der Waals surface area (Å²) < 4.78 is 0. The highest BCUT2D eigenvalue weighted by atomic mass is 35.5. The van der Waals surface area contributed by atoms with Crippen molar-refractivity contribution in [2.75, 3.05) is 25.5 Å². The number of rotatable bonds is 4. The van der Waals surface area contributed by atoms with Gasteiger partial charge >= 0.3 is 0 Å². The number of nitrogens with zero attached hydrogens (tertiary/aromatic N) is 2. The minimum Gasteiger partial charge on any atom is -0.378 e. The molecule has 3 heteroatoms. The lowest BCUT2D eigenvalue weighted by molar-refractivity contribution is 1.13. The average molecular weight is 363 g/mol. The maximum absolute atomic E-state index is 6.53. The Morgan fingerprint density at radius 1 is 0.923 bits per heavy atom. The third-order valence-corrected chi connectivity index (χ3v) is 4.64. The topological polar surface area (TPSA) is 15.6 Å². The van der Waals surface area contributed by atoms with Gasteiger partial charge < -0.3 is 4.90 Å². The molecule has 0 saturated carbocycles. The van der Waals surface area contributed by atoms with Crippen LogP contribution in [0.5, 0.6) is 0 Å². The van der Waals surface area contributed by atoms with E-state index in [-0.39, 0.29) is 0 Å². The fourth-order valence-corrected chi connectivity index (χ4v) is 3.21. The first-order valence-electron chi connectivity index (χ1n) is 8.77. The van der Waals surface area contributed by atoms with Gasteiger partial charge in [-0.1, -0.05) is 54.1 Å². The molecule has 1 aliphatic carbocycles. The Labute approximate surface area is 160 Å². The first kappa shape index (κ1) is 18.2. The van der Waals surface area contributed by atoms with Gasteiger partial charge in [0.2, 0.25) is 0 Å². The van der Waals surface area contributed by atoms with Gasteiger partial charge in [-0.05, 0) is 54.0 Å². The molecule has 0 saturated heterocycles. The summed E-state index contributed by atoms with van der Waals surface area (Å²) in [6, 6.07) is 16.6. The van der Waals surface area contributed by atoms with E-state index in [4.69, 9.17) is 11.6 Å². The summed E-state index contributed by atoms with van der Waals surface area (Å²) in [5.74, 6) is 0. The molecule has 0 heterocycles. The van der Waals surface area contributed by atoms with Gasteiger partial charge in [-0.15, -0.1) is 0 Å². The maximum Gasteiger partial charge on any atom is 0.0574 e. The Balaban J connectivity index is 2.14. The van der Waals surface area contributed by atoms with Crippen LogP contribution in [0.4, 0.5) is 5.69 Å². The van der Waals surface area contributed by atoms with Crippen molar-refractivity contribution in [1.29, 1.82) is 0 Å². The minimum atomic E-state index is 0.751. The SMILES string of the molecule is CCN=C1C=CC(=C(c2ccc(N(C)C)cc2)c2ccccc2Cl)C=C1. The molecule has 3 rings (SSSR count). The summed E-state index contributed by atoms with van der Waals surface area (Å²) in [5, 5.41) is 0.751. The van der Waals surface area contributed by atoms with Gasteiger partial charge in [-0.25, -0.2) is 0 Å². The lowest BCUT2D eigenvalue weighted by Crippen LogP contribution is -2.08. The van der Waals surface area contributed by atoms with Crippen molar-refractivity contribution in [2.45, 2.75) is 6.92 Å². The number of benzene rings is 2. The quantitative estimate of drug-likeness (QED) is 0.671. The second-order valence-electron chi connectivity index (χ2n) is 6.32. The lowest BCUT2D eigenvalue weighted by atomic mass is 9.90. The van der Waals surface area contributed by atoms with Crippen LogP contribution in [0.1, 0.15) is 18.1 Å². The number of hydrogen-bond acceptors (Lipinski definition) is 2. The summed E-state index contributed by atoms with van der Waals surface area (Å²) in [4.78, 5) is 6.56. The molecule has 0 aliphatic heterocycles. The van der Waals surface area contributed by atoms with Gasteiger partial charge in [-0.3, -0.25) is 4.99 Å². The minimum absolute atomic E-state index is 0.751. The molecule has 0 N–H and O–H groups in total. The molecular formula is C23H23ClN2. The zero-order valence-corrected chi connectivity index (χ0v) is 16.2. The molecule has 132 valence electrons. The van der Waals surface area contributed by atoms with Gasteiger partial charge in [0, 0.05) is 36.9 Å². The normalized spacial score (nSPS) is 13.1. The van der Waals surface area contributed by atoms with E-state index in [1.165, 1.54) is 5.69 Å². The van der Waals surface area contributed by atoms with Gasteiger partial charge in [-0.2, -0.15) is 0 Å². The molecule has 2 aromatic carbocycles. The Morgan fingerprint density at radius 3 is 2.15 bits per heavy atom. The molecule has 26 heavy (non-hydrogen) atoms. The van der Waals surface area contributed by atoms with Crippen molar-refractivity contribution >= 4 is 28.6 Å². The van der Waals surface area contributed by atoms with Crippen molar-refractivity contribution in [2.24, 2.45) is 4.99 Å². The summed E-state index contributed by atoms with van der Waals surface area (Å²) in [6.45, 7) is 2.83. The first-order valence-corrected chi connectivity index (χ1v) is 9.15. The van der Waals surface area contributed by atoms with E-state index in [0.29, 0.717) is 0 Å². The molecule has 0 bridgehead atoms. The van der Waals surface area contributed by atoms with Crippen LogP contribution in [0.2, 0.25) is 5.02 Å². The predicted molar refractivity (Wildman–Crippen MR) is 114 cm³/mol. The van der Waals surface area contributed by atoms with Crippen LogP contribution in [-0.4, -0.2) is 26.4 Å². The molecule has 2 nitrogen and oxygen atoms in total. The Hall–Kier alpha value is -2.58. The second-order valence-corrected chi connectivity index (χ2v) is 6.72. The van der Waals surface area contributed by atoms with Crippen LogP contribution >= 0.6 is 11.6 Å². The summed E-state index contributed by atoms with van der Waals surface area (Å²) >= 11 is 6.53. The van der Waals surface area contributed by atoms with Gasteiger partial charge in [0.05, 0.1) is 5.71 Å². The van der Waals surface area contributed by atoms with Crippen LogP contribution < -0.4 is 4.90 Å². The molecule has 0 atom stereocenters. The fourth-order valence-electron chi connectivity index (χ4n) is 2.98. The van der Waals surface area contributed by atoms with E-state index in [0.717, 1.165) is 39.6 Å². The molecule has 0 amide bonds. The number of halogens is 1. The largest absolute Gasteiger partial charge is 0.378 e. The second kappa shape index (κ2) is 8.20. The monoisotopic (exact) mass is 362 g/mol. The smallest absolute Gasteiger partial charge is 0.0574 e. The van der Waals surface area contributed by atoms with E-state index in [2.05, 4.69) is 64.5 Å². The molecular weight excluding hydrogens is 340 g/mol. The number of hydrogen-bond donors (Lipinski definition) is 0. The number of aliphatic imine (C=N–C) groups is 1. The summed E-state index contributed by atoms with van der Waals surface area (Å²) in [6.07, 6.45) is 8.35. The zero-order chi connectivity index (χ0) is 18.5. The highest BCUT2D eigenvalue weighted by molar-refractivity contribution is 6.32. The van der Waals surface area contributed by atoms with Crippen molar-refractivity contribution in [1.82, 2.24) is 0 Å². The van der Waals surface area contributed by atoms with Crippen molar-refractivity contribution in [3.05, 3.63) is 94.6 Å². The Bertz CT molecular complexity index is 882. The third kappa shape index (κ3) is 3.97. The van der Waals surface area contributed by atoms with E-state index in [1.807, 2.05) is 39.2 Å². The van der Waals surface area contributed by atoms with Crippen LogP contribution in [0.3, 0.4) is 0 Å². The van der Waals surface area contributed by atoms with Crippen molar-refractivity contribution < 1.29 is 0 Å². The van der Waals surface area contributed by atoms with E-state index in [1.54, 1.807) is 0 Å². The predicted octanol–water partition coefficient (Wildman–Crippen LogP) is 5.79. The lowest BCUT2D eigenvalue weighted by Gasteiger charge is -2.17. The van der Waals surface area contributed by atoms with Gasteiger partial charge in [0.25, 0.3) is 0 Å². The van der Waals surface area contributed by atoms with Crippen LogP contribution in [-0.2, 0) is 0 Å². The van der Waals surface area contributed by atoms with Crippen LogP contribution in [0.15, 0.2) is 83.4 Å². The van der Waals surface area contributed by atoms with Crippen LogP contribution in [0, 0.1) is 0 Å². The molecule has 0 aromatic heterocycles. The fraction of sp³-hybridized carbons (Fsp3) is 0.174. The molecule has 0 spiro atoms. The summed E-state index contributed by atoms with van der Waals surface area (Å²) in [5.41, 5.74) is 6.60. The highest BCUT2D eigenvalue weighted by Crippen LogP contribution is 2.34. The van der Waals surface area contributed by atoms with E-state index < -0.39 is 0 Å². The molecule has 0 unspecified atom stereocenters. The Kier molecular flexibility index (Phi) is 5.75. The van der Waals surface area contributed by atoms with E-state index in [9.17, 15) is 0 Å². The van der Waals surface area contributed by atoms with Gasteiger partial charge in [0.1, 0.15) is 0 Å². The van der Waals surface area contributed by atoms with Crippen molar-refractivity contribution in [3.63, 3.8) is 0 Å².